The first-order valence-electron chi connectivity index (χ1n) is 11.2. The third kappa shape index (κ3) is 3.79. The summed E-state index contributed by atoms with van der Waals surface area (Å²) in [5.41, 5.74) is 2.78. The number of carbonyl (C=O) groups excluding carboxylic acids is 1. The first kappa shape index (κ1) is 21.1. The molecule has 0 radical (unpaired) electrons. The molecule has 0 N–H and O–H groups in total. The maximum absolute atomic E-state index is 13.3. The van der Waals surface area contributed by atoms with Crippen LogP contribution in [0.15, 0.2) is 47.6 Å². The van der Waals surface area contributed by atoms with Crippen molar-refractivity contribution in [2.24, 2.45) is 0 Å². The minimum atomic E-state index is -0.225. The Balaban J connectivity index is 1.48. The van der Waals surface area contributed by atoms with Crippen LogP contribution >= 0.6 is 11.8 Å². The molecule has 2 aliphatic rings. The molecular formula is C25H27N3O3S. The SMILES string of the molecule is COc1cc2c(cc1OC)C(=O)[C@@H](Sc1nnc(-c3ccccc3)n1C1CCCCC1)C2. The van der Waals surface area contributed by atoms with E-state index in [-0.39, 0.29) is 11.0 Å². The number of thioether (sulfide) groups is 1. The van der Waals surface area contributed by atoms with Crippen LogP contribution in [0.5, 0.6) is 11.5 Å². The van der Waals surface area contributed by atoms with Crippen molar-refractivity contribution in [1.29, 1.82) is 0 Å². The second-order valence-corrected chi connectivity index (χ2v) is 9.54. The minimum absolute atomic E-state index is 0.116. The van der Waals surface area contributed by atoms with Crippen molar-refractivity contribution in [2.75, 3.05) is 14.2 Å². The summed E-state index contributed by atoms with van der Waals surface area (Å²) < 4.78 is 13.1. The number of rotatable bonds is 6. The maximum Gasteiger partial charge on any atom is 0.192 e. The van der Waals surface area contributed by atoms with Gasteiger partial charge in [0.25, 0.3) is 0 Å². The summed E-state index contributed by atoms with van der Waals surface area (Å²) in [7, 11) is 3.21. The molecule has 0 bridgehead atoms. The molecule has 2 aromatic carbocycles. The summed E-state index contributed by atoms with van der Waals surface area (Å²) >= 11 is 1.54. The van der Waals surface area contributed by atoms with Crippen LogP contribution < -0.4 is 9.47 Å². The number of hydrogen-bond donors (Lipinski definition) is 0. The van der Waals surface area contributed by atoms with Gasteiger partial charge in [-0.3, -0.25) is 9.36 Å². The van der Waals surface area contributed by atoms with Gasteiger partial charge in [-0.1, -0.05) is 61.4 Å². The van der Waals surface area contributed by atoms with E-state index in [1.54, 1.807) is 20.3 Å². The van der Waals surface area contributed by atoms with E-state index in [9.17, 15) is 4.79 Å². The van der Waals surface area contributed by atoms with Crippen LogP contribution in [0, 0.1) is 0 Å². The molecule has 0 unspecified atom stereocenters. The lowest BCUT2D eigenvalue weighted by atomic mass is 9.95. The molecule has 0 spiro atoms. The lowest BCUT2D eigenvalue weighted by Gasteiger charge is -2.26. The second-order valence-electron chi connectivity index (χ2n) is 8.37. The highest BCUT2D eigenvalue weighted by molar-refractivity contribution is 8.00. The highest BCUT2D eigenvalue weighted by atomic mass is 32.2. The first-order chi connectivity index (χ1) is 15.7. The zero-order valence-corrected chi connectivity index (χ0v) is 19.2. The van der Waals surface area contributed by atoms with Gasteiger partial charge in [0.05, 0.1) is 19.5 Å². The van der Waals surface area contributed by atoms with Gasteiger partial charge in [-0.05, 0) is 37.0 Å². The summed E-state index contributed by atoms with van der Waals surface area (Å²) in [4.78, 5) is 13.3. The Morgan fingerprint density at radius 2 is 1.69 bits per heavy atom. The van der Waals surface area contributed by atoms with Crippen LogP contribution in [-0.4, -0.2) is 40.0 Å². The van der Waals surface area contributed by atoms with Gasteiger partial charge in [0.2, 0.25) is 0 Å². The molecule has 0 amide bonds. The standard InChI is InChI=1S/C25H27N3O3S/c1-30-20-13-17-14-22(23(29)19(17)15-21(20)31-2)32-25-27-26-24(16-9-5-3-6-10-16)28(25)18-11-7-4-8-12-18/h3,5-6,9-10,13,15,18,22H,4,7-8,11-12,14H2,1-2H3/t22-/m0/s1. The second kappa shape index (κ2) is 8.98. The molecule has 1 heterocycles. The predicted molar refractivity (Wildman–Crippen MR) is 125 cm³/mol. The van der Waals surface area contributed by atoms with Crippen molar-refractivity contribution in [3.63, 3.8) is 0 Å². The lowest BCUT2D eigenvalue weighted by Crippen LogP contribution is -2.17. The van der Waals surface area contributed by atoms with E-state index in [0.717, 1.165) is 34.9 Å². The zero-order chi connectivity index (χ0) is 22.1. The Labute approximate surface area is 192 Å². The molecule has 32 heavy (non-hydrogen) atoms. The van der Waals surface area contributed by atoms with Gasteiger partial charge >= 0.3 is 0 Å². The lowest BCUT2D eigenvalue weighted by molar-refractivity contribution is 0.0999. The molecule has 1 aromatic heterocycles. The number of carbonyl (C=O) groups is 1. The molecule has 166 valence electrons. The maximum atomic E-state index is 13.3. The fraction of sp³-hybridized carbons (Fsp3) is 0.400. The van der Waals surface area contributed by atoms with Gasteiger partial charge in [0.1, 0.15) is 0 Å². The number of hydrogen-bond acceptors (Lipinski definition) is 6. The van der Waals surface area contributed by atoms with Crippen LogP contribution in [0.3, 0.4) is 0 Å². The Morgan fingerprint density at radius 1 is 0.969 bits per heavy atom. The van der Waals surface area contributed by atoms with E-state index in [2.05, 4.69) is 26.9 Å². The quantitative estimate of drug-likeness (QED) is 0.504. The molecule has 0 saturated heterocycles. The molecule has 6 nitrogen and oxygen atoms in total. The molecule has 1 atom stereocenters. The molecular weight excluding hydrogens is 422 g/mol. The minimum Gasteiger partial charge on any atom is -0.493 e. The number of methoxy groups -OCH3 is 2. The van der Waals surface area contributed by atoms with Crippen molar-refractivity contribution in [3.05, 3.63) is 53.6 Å². The summed E-state index contributed by atoms with van der Waals surface area (Å²) in [6, 6.07) is 14.3. The smallest absolute Gasteiger partial charge is 0.192 e. The molecule has 3 aromatic rings. The van der Waals surface area contributed by atoms with Crippen molar-refractivity contribution in [3.8, 4) is 22.9 Å². The first-order valence-corrected chi connectivity index (χ1v) is 12.0. The summed E-state index contributed by atoms with van der Waals surface area (Å²) in [5.74, 6) is 2.25. The Morgan fingerprint density at radius 3 is 2.41 bits per heavy atom. The highest BCUT2D eigenvalue weighted by Gasteiger charge is 2.35. The Hall–Kier alpha value is -2.80. The molecule has 1 fully saturated rings. The van der Waals surface area contributed by atoms with Gasteiger partial charge in [-0.2, -0.15) is 0 Å². The van der Waals surface area contributed by atoms with E-state index in [4.69, 9.17) is 9.47 Å². The average molecular weight is 450 g/mol. The fourth-order valence-corrected chi connectivity index (χ4v) is 6.01. The number of benzene rings is 2. The zero-order valence-electron chi connectivity index (χ0n) is 18.4. The number of fused-ring (bicyclic) bond motifs is 1. The molecule has 2 aliphatic carbocycles. The van der Waals surface area contributed by atoms with Crippen LogP contribution in [0.4, 0.5) is 0 Å². The molecule has 1 saturated carbocycles. The monoisotopic (exact) mass is 449 g/mol. The Bertz CT molecular complexity index is 1120. The number of aromatic nitrogens is 3. The van der Waals surface area contributed by atoms with Gasteiger partial charge in [0.15, 0.2) is 28.3 Å². The molecule has 5 rings (SSSR count). The van der Waals surface area contributed by atoms with E-state index in [0.29, 0.717) is 29.5 Å². The van der Waals surface area contributed by atoms with Crippen LogP contribution in [0.2, 0.25) is 0 Å². The average Bonchev–Trinajstić information content (AvgIpc) is 3.40. The van der Waals surface area contributed by atoms with Crippen LogP contribution in [-0.2, 0) is 6.42 Å². The number of Topliss-reactive ketones (excluding diaryl/α,β-unsaturated/α-hetero) is 1. The van der Waals surface area contributed by atoms with Crippen molar-refractivity contribution in [1.82, 2.24) is 14.8 Å². The summed E-state index contributed by atoms with van der Waals surface area (Å²) in [5, 5.41) is 9.75. The van der Waals surface area contributed by atoms with E-state index < -0.39 is 0 Å². The van der Waals surface area contributed by atoms with E-state index in [1.165, 1.54) is 31.0 Å². The van der Waals surface area contributed by atoms with Crippen molar-refractivity contribution in [2.45, 2.75) is 55.0 Å². The van der Waals surface area contributed by atoms with E-state index in [1.807, 2.05) is 24.3 Å². The normalized spacial score (nSPS) is 18.6. The molecule has 7 heteroatoms. The largest absolute Gasteiger partial charge is 0.493 e. The Kier molecular flexibility index (Phi) is 5.91. The predicted octanol–water partition coefficient (Wildman–Crippen LogP) is 5.37. The summed E-state index contributed by atoms with van der Waals surface area (Å²) in [6.07, 6.45) is 6.61. The number of ketones is 1. The summed E-state index contributed by atoms with van der Waals surface area (Å²) in [6.45, 7) is 0. The van der Waals surface area contributed by atoms with Crippen LogP contribution in [0.25, 0.3) is 11.4 Å². The van der Waals surface area contributed by atoms with Crippen LogP contribution in [0.1, 0.15) is 54.1 Å². The van der Waals surface area contributed by atoms with Gasteiger partial charge < -0.3 is 9.47 Å². The molecule has 0 aliphatic heterocycles. The highest BCUT2D eigenvalue weighted by Crippen LogP contribution is 2.42. The number of ether oxygens (including phenoxy) is 2. The van der Waals surface area contributed by atoms with Crippen molar-refractivity contribution >= 4 is 17.5 Å². The number of nitrogens with zero attached hydrogens (tertiary/aromatic N) is 3. The topological polar surface area (TPSA) is 66.2 Å². The third-order valence-electron chi connectivity index (χ3n) is 6.46. The third-order valence-corrected chi connectivity index (χ3v) is 7.61. The van der Waals surface area contributed by atoms with E-state index >= 15 is 0 Å². The van der Waals surface area contributed by atoms with Gasteiger partial charge in [0, 0.05) is 17.2 Å². The van der Waals surface area contributed by atoms with Gasteiger partial charge in [-0.15, -0.1) is 10.2 Å². The van der Waals surface area contributed by atoms with Crippen molar-refractivity contribution < 1.29 is 14.3 Å². The van der Waals surface area contributed by atoms with Gasteiger partial charge in [-0.25, -0.2) is 0 Å². The fourth-order valence-electron chi connectivity index (χ4n) is 4.82.